The molecule has 1 rings (SSSR count). The summed E-state index contributed by atoms with van der Waals surface area (Å²) in [6, 6.07) is 8.12. The lowest BCUT2D eigenvalue weighted by Crippen LogP contribution is -2.26. The second kappa shape index (κ2) is 8.02. The first-order valence-corrected chi connectivity index (χ1v) is 9.39. The quantitative estimate of drug-likeness (QED) is 0.786. The first-order valence-electron chi connectivity index (χ1n) is 6.54. The fourth-order valence-electron chi connectivity index (χ4n) is 1.98. The molecule has 5 heteroatoms. The van der Waals surface area contributed by atoms with Crippen molar-refractivity contribution in [1.82, 2.24) is 5.32 Å². The topological polar surface area (TPSA) is 46.2 Å². The number of benzene rings is 1. The lowest BCUT2D eigenvalue weighted by Gasteiger charge is -2.17. The van der Waals surface area contributed by atoms with Crippen LogP contribution in [0.25, 0.3) is 0 Å². The van der Waals surface area contributed by atoms with E-state index in [1.807, 2.05) is 18.2 Å². The molecule has 1 aromatic carbocycles. The van der Waals surface area contributed by atoms with Gasteiger partial charge in [-0.15, -0.1) is 0 Å². The molecule has 1 unspecified atom stereocenters. The van der Waals surface area contributed by atoms with Gasteiger partial charge in [0.25, 0.3) is 0 Å². The Hall–Kier alpha value is -0.390. The fourth-order valence-corrected chi connectivity index (χ4v) is 3.19. The molecule has 0 aromatic heterocycles. The van der Waals surface area contributed by atoms with Crippen molar-refractivity contribution < 1.29 is 8.42 Å². The van der Waals surface area contributed by atoms with Gasteiger partial charge in [-0.05, 0) is 43.5 Å². The molecular formula is C14H22BrNO2S. The number of hydrogen-bond donors (Lipinski definition) is 1. The largest absolute Gasteiger partial charge is 0.317 e. The number of hydrogen-bond acceptors (Lipinski definition) is 3. The second-order valence-electron chi connectivity index (χ2n) is 4.89. The van der Waals surface area contributed by atoms with Gasteiger partial charge < -0.3 is 5.32 Å². The van der Waals surface area contributed by atoms with Gasteiger partial charge in [0.05, 0.1) is 5.75 Å². The summed E-state index contributed by atoms with van der Waals surface area (Å²) in [7, 11) is -2.89. The normalized spacial score (nSPS) is 13.4. The van der Waals surface area contributed by atoms with Gasteiger partial charge in [0, 0.05) is 10.7 Å². The van der Waals surface area contributed by atoms with Gasteiger partial charge in [0.1, 0.15) is 9.84 Å². The number of halogens is 1. The molecule has 0 radical (unpaired) electrons. The Labute approximate surface area is 124 Å². The standard InChI is InChI=1S/C14H22BrNO2S/c1-3-16-11-12(8-9-19(2,17)18)10-13-6-4-5-7-14(13)15/h4-7,12,16H,3,8-11H2,1-2H3. The Kier molecular flexibility index (Phi) is 7.04. The zero-order chi connectivity index (χ0) is 14.3. The van der Waals surface area contributed by atoms with Crippen molar-refractivity contribution in [3.05, 3.63) is 34.3 Å². The monoisotopic (exact) mass is 347 g/mol. The van der Waals surface area contributed by atoms with E-state index in [1.54, 1.807) is 0 Å². The van der Waals surface area contributed by atoms with E-state index < -0.39 is 9.84 Å². The molecule has 0 spiro atoms. The molecule has 0 fully saturated rings. The summed E-state index contributed by atoms with van der Waals surface area (Å²) >= 11 is 3.54. The maximum absolute atomic E-state index is 11.3. The SMILES string of the molecule is CCNCC(CCS(C)(=O)=O)Cc1ccccc1Br. The van der Waals surface area contributed by atoms with Crippen LogP contribution in [0.5, 0.6) is 0 Å². The first kappa shape index (κ1) is 16.7. The number of sulfone groups is 1. The van der Waals surface area contributed by atoms with Crippen LogP contribution in [0.1, 0.15) is 18.9 Å². The number of rotatable bonds is 8. The maximum atomic E-state index is 11.3. The highest BCUT2D eigenvalue weighted by Crippen LogP contribution is 2.21. The lowest BCUT2D eigenvalue weighted by molar-refractivity contribution is 0.465. The lowest BCUT2D eigenvalue weighted by atomic mass is 9.97. The molecular weight excluding hydrogens is 326 g/mol. The van der Waals surface area contributed by atoms with Gasteiger partial charge in [-0.1, -0.05) is 41.1 Å². The molecule has 1 atom stereocenters. The third-order valence-corrected chi connectivity index (χ3v) is 4.80. The van der Waals surface area contributed by atoms with Crippen LogP contribution in [0.2, 0.25) is 0 Å². The smallest absolute Gasteiger partial charge is 0.147 e. The van der Waals surface area contributed by atoms with Crippen LogP contribution < -0.4 is 5.32 Å². The highest BCUT2D eigenvalue weighted by molar-refractivity contribution is 9.10. The Morgan fingerprint density at radius 1 is 1.32 bits per heavy atom. The molecule has 108 valence electrons. The van der Waals surface area contributed by atoms with Crippen molar-refractivity contribution in [3.8, 4) is 0 Å². The molecule has 3 nitrogen and oxygen atoms in total. The van der Waals surface area contributed by atoms with Crippen molar-refractivity contribution in [3.63, 3.8) is 0 Å². The summed E-state index contributed by atoms with van der Waals surface area (Å²) in [6.45, 7) is 3.82. The van der Waals surface area contributed by atoms with E-state index in [4.69, 9.17) is 0 Å². The van der Waals surface area contributed by atoms with Crippen LogP contribution in [0, 0.1) is 5.92 Å². The van der Waals surface area contributed by atoms with Crippen LogP contribution in [-0.2, 0) is 16.3 Å². The van der Waals surface area contributed by atoms with Crippen molar-refractivity contribution >= 4 is 25.8 Å². The summed E-state index contributed by atoms with van der Waals surface area (Å²) in [5, 5.41) is 3.31. The molecule has 0 aliphatic heterocycles. The Bertz CT molecular complexity index is 488. The van der Waals surface area contributed by atoms with Crippen LogP contribution in [0.15, 0.2) is 28.7 Å². The first-order chi connectivity index (χ1) is 8.92. The molecule has 0 aliphatic rings. The summed E-state index contributed by atoms with van der Waals surface area (Å²) in [4.78, 5) is 0. The highest BCUT2D eigenvalue weighted by atomic mass is 79.9. The minimum Gasteiger partial charge on any atom is -0.317 e. The van der Waals surface area contributed by atoms with Crippen molar-refractivity contribution in [1.29, 1.82) is 0 Å². The summed E-state index contributed by atoms with van der Waals surface area (Å²) in [5.74, 6) is 0.599. The predicted octanol–water partition coefficient (Wildman–Crippen LogP) is 2.65. The molecule has 0 saturated carbocycles. The van der Waals surface area contributed by atoms with E-state index in [-0.39, 0.29) is 5.75 Å². The van der Waals surface area contributed by atoms with Gasteiger partial charge in [-0.25, -0.2) is 8.42 Å². The maximum Gasteiger partial charge on any atom is 0.147 e. The summed E-state index contributed by atoms with van der Waals surface area (Å²) in [6.07, 6.45) is 2.90. The van der Waals surface area contributed by atoms with E-state index >= 15 is 0 Å². The van der Waals surface area contributed by atoms with Crippen molar-refractivity contribution in [2.45, 2.75) is 19.8 Å². The van der Waals surface area contributed by atoms with Gasteiger partial charge in [-0.3, -0.25) is 0 Å². The summed E-state index contributed by atoms with van der Waals surface area (Å²) in [5.41, 5.74) is 1.24. The van der Waals surface area contributed by atoms with Crippen molar-refractivity contribution in [2.24, 2.45) is 5.92 Å². The molecule has 1 N–H and O–H groups in total. The van der Waals surface area contributed by atoms with Gasteiger partial charge in [0.2, 0.25) is 0 Å². The molecule has 0 aliphatic carbocycles. The molecule has 0 heterocycles. The van der Waals surface area contributed by atoms with Gasteiger partial charge >= 0.3 is 0 Å². The summed E-state index contributed by atoms with van der Waals surface area (Å²) < 4.78 is 23.7. The Balaban J connectivity index is 2.66. The average Bonchev–Trinajstić information content (AvgIpc) is 2.34. The van der Waals surface area contributed by atoms with Crippen LogP contribution >= 0.6 is 15.9 Å². The third kappa shape index (κ3) is 7.09. The Morgan fingerprint density at radius 2 is 2.00 bits per heavy atom. The van der Waals surface area contributed by atoms with E-state index in [2.05, 4.69) is 34.2 Å². The van der Waals surface area contributed by atoms with Crippen LogP contribution in [-0.4, -0.2) is 33.5 Å². The Morgan fingerprint density at radius 3 is 2.58 bits per heavy atom. The van der Waals surface area contributed by atoms with Crippen LogP contribution in [0.4, 0.5) is 0 Å². The zero-order valence-electron chi connectivity index (χ0n) is 11.5. The van der Waals surface area contributed by atoms with Crippen LogP contribution in [0.3, 0.4) is 0 Å². The van der Waals surface area contributed by atoms with Crippen molar-refractivity contribution in [2.75, 3.05) is 25.1 Å². The fraction of sp³-hybridized carbons (Fsp3) is 0.571. The third-order valence-electron chi connectivity index (χ3n) is 3.05. The van der Waals surface area contributed by atoms with Gasteiger partial charge in [-0.2, -0.15) is 0 Å². The highest BCUT2D eigenvalue weighted by Gasteiger charge is 2.14. The second-order valence-corrected chi connectivity index (χ2v) is 8.00. The molecule has 1 aromatic rings. The molecule has 0 bridgehead atoms. The van der Waals surface area contributed by atoms with E-state index in [1.165, 1.54) is 11.8 Å². The minimum absolute atomic E-state index is 0.257. The number of nitrogens with one attached hydrogen (secondary N) is 1. The average molecular weight is 348 g/mol. The minimum atomic E-state index is -2.89. The molecule has 19 heavy (non-hydrogen) atoms. The van der Waals surface area contributed by atoms with Gasteiger partial charge in [0.15, 0.2) is 0 Å². The molecule has 0 amide bonds. The van der Waals surface area contributed by atoms with E-state index in [0.29, 0.717) is 12.3 Å². The molecule has 0 saturated heterocycles. The van der Waals surface area contributed by atoms with E-state index in [9.17, 15) is 8.42 Å². The predicted molar refractivity (Wildman–Crippen MR) is 84.2 cm³/mol. The zero-order valence-corrected chi connectivity index (χ0v) is 13.9. The van der Waals surface area contributed by atoms with E-state index in [0.717, 1.165) is 24.0 Å².